The van der Waals surface area contributed by atoms with Crippen molar-refractivity contribution >= 4 is 34.1 Å². The monoisotopic (exact) mass is 281 g/mol. The Hall–Kier alpha value is -1.52. The minimum absolute atomic E-state index is 0.501. The lowest BCUT2D eigenvalue weighted by Gasteiger charge is -2.03. The molecule has 18 heavy (non-hydrogen) atoms. The van der Waals surface area contributed by atoms with E-state index < -0.39 is 0 Å². The summed E-state index contributed by atoms with van der Waals surface area (Å²) in [6.45, 7) is 2.26. The number of aryl methyl sites for hydroxylation is 1. The molecular formula is C12H9Cl2N3O. The molecule has 0 unspecified atom stereocenters. The van der Waals surface area contributed by atoms with Gasteiger partial charge in [0.2, 0.25) is 11.8 Å². The highest BCUT2D eigenvalue weighted by Gasteiger charge is 2.09. The average molecular weight is 282 g/mol. The van der Waals surface area contributed by atoms with Crippen molar-refractivity contribution in [3.63, 3.8) is 0 Å². The van der Waals surface area contributed by atoms with Crippen LogP contribution in [0.1, 0.15) is 11.8 Å². The molecule has 3 rings (SSSR count). The number of nitrogens with zero attached hydrogens (tertiary/aromatic N) is 3. The maximum Gasteiger partial charge on any atom is 0.236 e. The third-order valence-corrected chi connectivity index (χ3v) is 3.21. The summed E-state index contributed by atoms with van der Waals surface area (Å²) in [6, 6.07) is 5.54. The summed E-state index contributed by atoms with van der Waals surface area (Å²) < 4.78 is 7.33. The Morgan fingerprint density at radius 2 is 2.11 bits per heavy atom. The number of fused-ring (bicyclic) bond motifs is 1. The van der Waals surface area contributed by atoms with Gasteiger partial charge < -0.3 is 8.98 Å². The van der Waals surface area contributed by atoms with Gasteiger partial charge >= 0.3 is 0 Å². The minimum Gasteiger partial charge on any atom is -0.424 e. The second kappa shape index (κ2) is 4.30. The summed E-state index contributed by atoms with van der Waals surface area (Å²) in [5, 5.41) is 9.97. The van der Waals surface area contributed by atoms with E-state index in [1.54, 1.807) is 13.0 Å². The van der Waals surface area contributed by atoms with E-state index in [4.69, 9.17) is 27.6 Å². The van der Waals surface area contributed by atoms with Gasteiger partial charge in [-0.25, -0.2) is 0 Å². The lowest BCUT2D eigenvalue weighted by molar-refractivity contribution is 0.457. The van der Waals surface area contributed by atoms with Crippen LogP contribution in [-0.2, 0) is 6.54 Å². The highest BCUT2D eigenvalue weighted by molar-refractivity contribution is 6.38. The van der Waals surface area contributed by atoms with Crippen molar-refractivity contribution in [1.82, 2.24) is 14.8 Å². The number of halogens is 2. The normalized spacial score (nSPS) is 11.3. The van der Waals surface area contributed by atoms with E-state index in [0.29, 0.717) is 28.4 Å². The molecule has 2 heterocycles. The molecule has 4 nitrogen and oxygen atoms in total. The van der Waals surface area contributed by atoms with Crippen LogP contribution in [0.2, 0.25) is 10.0 Å². The maximum atomic E-state index is 6.13. The average Bonchev–Trinajstić information content (AvgIpc) is 2.87. The fourth-order valence-electron chi connectivity index (χ4n) is 1.90. The van der Waals surface area contributed by atoms with Crippen molar-refractivity contribution in [2.45, 2.75) is 13.5 Å². The van der Waals surface area contributed by atoms with Gasteiger partial charge in [0.15, 0.2) is 0 Å². The van der Waals surface area contributed by atoms with Gasteiger partial charge in [0.1, 0.15) is 6.54 Å². The molecule has 0 bridgehead atoms. The predicted molar refractivity (Wildman–Crippen MR) is 70.1 cm³/mol. The van der Waals surface area contributed by atoms with E-state index in [9.17, 15) is 0 Å². The third-order valence-electron chi connectivity index (χ3n) is 2.68. The molecular weight excluding hydrogens is 273 g/mol. The van der Waals surface area contributed by atoms with Crippen LogP contribution in [0.5, 0.6) is 0 Å². The molecule has 0 saturated heterocycles. The molecule has 0 spiro atoms. The van der Waals surface area contributed by atoms with Crippen molar-refractivity contribution in [2.24, 2.45) is 0 Å². The molecule has 2 aromatic heterocycles. The zero-order valence-electron chi connectivity index (χ0n) is 9.52. The Labute approximate surface area is 113 Å². The first kappa shape index (κ1) is 11.6. The van der Waals surface area contributed by atoms with Gasteiger partial charge in [0.05, 0.1) is 10.5 Å². The van der Waals surface area contributed by atoms with E-state index in [1.807, 2.05) is 22.9 Å². The lowest BCUT2D eigenvalue weighted by atomic mass is 10.2. The summed E-state index contributed by atoms with van der Waals surface area (Å²) in [7, 11) is 0. The maximum absolute atomic E-state index is 6.13. The Kier molecular flexibility index (Phi) is 2.76. The molecule has 0 saturated carbocycles. The molecule has 1 aromatic carbocycles. The number of aromatic nitrogens is 3. The number of rotatable bonds is 2. The SMILES string of the molecule is Cc1nnc(Cn2ccc3c(Cl)cc(Cl)cc32)o1. The Morgan fingerprint density at radius 1 is 1.28 bits per heavy atom. The van der Waals surface area contributed by atoms with Crippen LogP contribution in [0.4, 0.5) is 0 Å². The van der Waals surface area contributed by atoms with Crippen molar-refractivity contribution in [3.8, 4) is 0 Å². The molecule has 0 amide bonds. The van der Waals surface area contributed by atoms with E-state index >= 15 is 0 Å². The fourth-order valence-corrected chi connectivity index (χ4v) is 2.45. The van der Waals surface area contributed by atoms with Gasteiger partial charge in [-0.05, 0) is 18.2 Å². The highest BCUT2D eigenvalue weighted by atomic mass is 35.5. The molecule has 0 fully saturated rings. The van der Waals surface area contributed by atoms with Gasteiger partial charge in [-0.15, -0.1) is 10.2 Å². The Bertz CT molecular complexity index is 717. The van der Waals surface area contributed by atoms with Gasteiger partial charge in [0.25, 0.3) is 0 Å². The second-order valence-electron chi connectivity index (χ2n) is 3.98. The predicted octanol–water partition coefficient (Wildman–Crippen LogP) is 3.69. The van der Waals surface area contributed by atoms with Crippen molar-refractivity contribution in [3.05, 3.63) is 46.2 Å². The Morgan fingerprint density at radius 3 is 2.83 bits per heavy atom. The molecule has 0 radical (unpaired) electrons. The smallest absolute Gasteiger partial charge is 0.236 e. The van der Waals surface area contributed by atoms with Crippen molar-refractivity contribution in [1.29, 1.82) is 0 Å². The van der Waals surface area contributed by atoms with E-state index in [1.165, 1.54) is 0 Å². The van der Waals surface area contributed by atoms with Crippen LogP contribution < -0.4 is 0 Å². The van der Waals surface area contributed by atoms with Crippen molar-refractivity contribution < 1.29 is 4.42 Å². The quantitative estimate of drug-likeness (QED) is 0.720. The molecule has 92 valence electrons. The molecule has 0 atom stereocenters. The first-order valence-corrected chi connectivity index (χ1v) is 6.12. The number of hydrogen-bond donors (Lipinski definition) is 0. The van der Waals surface area contributed by atoms with Crippen LogP contribution in [-0.4, -0.2) is 14.8 Å². The molecule has 3 aromatic rings. The van der Waals surface area contributed by atoms with Gasteiger partial charge in [-0.3, -0.25) is 0 Å². The summed E-state index contributed by atoms with van der Waals surface area (Å²) in [6.07, 6.45) is 1.92. The summed E-state index contributed by atoms with van der Waals surface area (Å²) in [4.78, 5) is 0. The minimum atomic E-state index is 0.501. The molecule has 0 aliphatic heterocycles. The fraction of sp³-hybridized carbons (Fsp3) is 0.167. The zero-order valence-corrected chi connectivity index (χ0v) is 11.0. The Balaban J connectivity index is 2.07. The van der Waals surface area contributed by atoms with E-state index in [0.717, 1.165) is 10.9 Å². The summed E-state index contributed by atoms with van der Waals surface area (Å²) >= 11 is 12.1. The molecule has 0 aliphatic rings. The van der Waals surface area contributed by atoms with Crippen LogP contribution in [0.3, 0.4) is 0 Å². The molecule has 0 N–H and O–H groups in total. The van der Waals surface area contributed by atoms with E-state index in [-0.39, 0.29) is 0 Å². The van der Waals surface area contributed by atoms with Crippen LogP contribution >= 0.6 is 23.2 Å². The topological polar surface area (TPSA) is 43.9 Å². The summed E-state index contributed by atoms with van der Waals surface area (Å²) in [5.41, 5.74) is 0.948. The number of benzene rings is 1. The van der Waals surface area contributed by atoms with Gasteiger partial charge in [0, 0.05) is 23.5 Å². The zero-order chi connectivity index (χ0) is 12.7. The molecule has 0 aliphatic carbocycles. The van der Waals surface area contributed by atoms with Crippen LogP contribution in [0.15, 0.2) is 28.8 Å². The largest absolute Gasteiger partial charge is 0.424 e. The highest BCUT2D eigenvalue weighted by Crippen LogP contribution is 2.29. The second-order valence-corrected chi connectivity index (χ2v) is 4.82. The van der Waals surface area contributed by atoms with Gasteiger partial charge in [-0.1, -0.05) is 23.2 Å². The summed E-state index contributed by atoms with van der Waals surface area (Å²) in [5.74, 6) is 1.11. The van der Waals surface area contributed by atoms with Crippen LogP contribution in [0.25, 0.3) is 10.9 Å². The number of hydrogen-bond acceptors (Lipinski definition) is 3. The van der Waals surface area contributed by atoms with Gasteiger partial charge in [-0.2, -0.15) is 0 Å². The van der Waals surface area contributed by atoms with Crippen molar-refractivity contribution in [2.75, 3.05) is 0 Å². The first-order chi connectivity index (χ1) is 8.63. The van der Waals surface area contributed by atoms with E-state index in [2.05, 4.69) is 10.2 Å². The van der Waals surface area contributed by atoms with Crippen LogP contribution in [0, 0.1) is 6.92 Å². The first-order valence-electron chi connectivity index (χ1n) is 5.36. The molecule has 6 heteroatoms. The third kappa shape index (κ3) is 1.98. The standard InChI is InChI=1S/C12H9Cl2N3O/c1-7-15-16-12(18-7)6-17-3-2-9-10(14)4-8(13)5-11(9)17/h2-5H,6H2,1H3. The lowest BCUT2D eigenvalue weighted by Crippen LogP contribution is -1.98.